The first kappa shape index (κ1) is 29.7. The van der Waals surface area contributed by atoms with Crippen LogP contribution in [-0.2, 0) is 35.8 Å². The molecule has 0 amide bonds. The molecule has 0 N–H and O–H groups in total. The molecule has 1 aliphatic heterocycles. The lowest BCUT2D eigenvalue weighted by molar-refractivity contribution is -0.138. The summed E-state index contributed by atoms with van der Waals surface area (Å²) in [5, 5.41) is 0.690. The Morgan fingerprint density at radius 1 is 0.977 bits per heavy atom. The Hall–Kier alpha value is -3.31. The maximum atomic E-state index is 14.3. The van der Waals surface area contributed by atoms with Crippen molar-refractivity contribution in [3.63, 3.8) is 0 Å². The molecule has 1 unspecified atom stereocenters. The average molecular weight is 621 g/mol. The van der Waals surface area contributed by atoms with Crippen molar-refractivity contribution in [1.82, 2.24) is 8.96 Å². The van der Waals surface area contributed by atoms with Gasteiger partial charge in [0.05, 0.1) is 28.2 Å². The highest BCUT2D eigenvalue weighted by molar-refractivity contribution is 7.90. The van der Waals surface area contributed by atoms with Crippen molar-refractivity contribution in [2.24, 2.45) is 5.92 Å². The molecule has 226 valence electrons. The molecule has 1 aliphatic carbocycles. The van der Waals surface area contributed by atoms with Gasteiger partial charge in [-0.2, -0.15) is 0 Å². The van der Waals surface area contributed by atoms with Crippen molar-refractivity contribution in [3.05, 3.63) is 95.8 Å². The molecule has 3 heterocycles. The Bertz CT molecular complexity index is 1890. The first-order chi connectivity index (χ1) is 20.4. The quantitative estimate of drug-likeness (QED) is 0.238. The molecule has 2 aromatic heterocycles. The van der Waals surface area contributed by atoms with Crippen LogP contribution < -0.4 is 0 Å². The van der Waals surface area contributed by atoms with Crippen LogP contribution in [-0.4, -0.2) is 50.5 Å². The summed E-state index contributed by atoms with van der Waals surface area (Å²) in [5.41, 5.74) is 3.21. The summed E-state index contributed by atoms with van der Waals surface area (Å²) in [6.45, 7) is 4.24. The number of hydrogen-bond acceptors (Lipinski definition) is 7. The van der Waals surface area contributed by atoms with Gasteiger partial charge in [0.2, 0.25) is 0 Å². The molecule has 2 aromatic carbocycles. The summed E-state index contributed by atoms with van der Waals surface area (Å²) in [5.74, 6) is -0.364. The minimum absolute atomic E-state index is 0.130. The van der Waals surface area contributed by atoms with Crippen molar-refractivity contribution in [1.29, 1.82) is 0 Å². The number of pyridine rings is 1. The zero-order chi connectivity index (χ0) is 30.4. The number of fused-ring (bicyclic) bond motifs is 1. The van der Waals surface area contributed by atoms with Crippen molar-refractivity contribution >= 4 is 36.5 Å². The molecule has 43 heavy (non-hydrogen) atoms. The normalized spacial score (nSPS) is 19.8. The van der Waals surface area contributed by atoms with Gasteiger partial charge in [-0.3, -0.25) is 0 Å². The Balaban J connectivity index is 1.54. The summed E-state index contributed by atoms with van der Waals surface area (Å²) >= 11 is 0. The maximum absolute atomic E-state index is 14.3. The Kier molecular flexibility index (Phi) is 7.83. The number of benzene rings is 2. The molecule has 4 aromatic rings. The van der Waals surface area contributed by atoms with Crippen molar-refractivity contribution < 1.29 is 26.3 Å². The Morgan fingerprint density at radius 3 is 2.30 bits per heavy atom. The Labute approximate surface area is 253 Å². The number of ether oxygens (including phenoxy) is 2. The van der Waals surface area contributed by atoms with Crippen LogP contribution in [0.25, 0.3) is 16.6 Å². The number of allylic oxidation sites excluding steroid dienone is 1. The number of hydrogen-bond donors (Lipinski definition) is 0. The van der Waals surface area contributed by atoms with Gasteiger partial charge in [-0.25, -0.2) is 25.8 Å². The van der Waals surface area contributed by atoms with Gasteiger partial charge >= 0.3 is 0 Å². The van der Waals surface area contributed by atoms with Crippen LogP contribution >= 0.6 is 0 Å². The van der Waals surface area contributed by atoms with Crippen molar-refractivity contribution in [3.8, 4) is 0 Å². The fourth-order valence-electron chi connectivity index (χ4n) is 6.05. The average Bonchev–Trinajstić information content (AvgIpc) is 3.70. The lowest BCUT2D eigenvalue weighted by Crippen LogP contribution is -2.22. The van der Waals surface area contributed by atoms with E-state index < -0.39 is 25.6 Å². The molecule has 10 heteroatoms. The molecule has 1 atom stereocenters. The SMILES string of the molecule is CC1(C)OCC(Cc2cnc3c(c2)cc(C(=CC2CCCC2)c2ccc(S(C)(=O)=O)cc2)n3S(=O)(=O)c2ccccc2)O1. The van der Waals surface area contributed by atoms with E-state index in [-0.39, 0.29) is 21.8 Å². The predicted molar refractivity (Wildman–Crippen MR) is 166 cm³/mol. The molecule has 8 nitrogen and oxygen atoms in total. The third-order valence-electron chi connectivity index (χ3n) is 8.14. The van der Waals surface area contributed by atoms with E-state index in [0.717, 1.165) is 42.4 Å². The number of sulfone groups is 1. The lowest BCUT2D eigenvalue weighted by Gasteiger charge is -2.17. The van der Waals surface area contributed by atoms with Crippen LogP contribution in [0.3, 0.4) is 0 Å². The minimum atomic E-state index is -4.05. The predicted octanol–water partition coefficient (Wildman–Crippen LogP) is 5.99. The van der Waals surface area contributed by atoms with Gasteiger partial charge in [-0.05, 0) is 80.1 Å². The largest absolute Gasteiger partial charge is 0.348 e. The summed E-state index contributed by atoms with van der Waals surface area (Å²) in [7, 11) is -7.44. The highest BCUT2D eigenvalue weighted by Gasteiger charge is 2.33. The van der Waals surface area contributed by atoms with E-state index >= 15 is 0 Å². The maximum Gasteiger partial charge on any atom is 0.269 e. The van der Waals surface area contributed by atoms with Gasteiger partial charge in [0.15, 0.2) is 21.3 Å². The molecule has 0 bridgehead atoms. The number of aromatic nitrogens is 2. The van der Waals surface area contributed by atoms with E-state index in [0.29, 0.717) is 29.8 Å². The Morgan fingerprint density at radius 2 is 1.67 bits per heavy atom. The number of nitrogens with zero attached hydrogens (tertiary/aromatic N) is 2. The molecule has 1 saturated carbocycles. The standard InChI is InChI=1S/C33H36N2O6S2/c1-33(2)40-22-27(41-33)18-24-17-26-20-31(35(32(26)34-21-24)43(38,39)29-11-5-4-6-12-29)30(19-23-9-7-8-10-23)25-13-15-28(16-14-25)42(3,36)37/h4-6,11-17,19-21,23,27H,7-10,18,22H2,1-3H3. The van der Waals surface area contributed by atoms with E-state index in [1.54, 1.807) is 60.8 Å². The van der Waals surface area contributed by atoms with Crippen LogP contribution in [0.5, 0.6) is 0 Å². The first-order valence-electron chi connectivity index (χ1n) is 14.6. The summed E-state index contributed by atoms with van der Waals surface area (Å²) in [6, 6.07) is 18.9. The van der Waals surface area contributed by atoms with Gasteiger partial charge in [0.25, 0.3) is 10.0 Å². The summed E-state index contributed by atoms with van der Waals surface area (Å²) in [6.07, 6.45) is 9.74. The van der Waals surface area contributed by atoms with E-state index in [1.807, 2.05) is 26.0 Å². The van der Waals surface area contributed by atoms with Crippen LogP contribution in [0, 0.1) is 5.92 Å². The third kappa shape index (κ3) is 6.20. The molecule has 2 fully saturated rings. The van der Waals surface area contributed by atoms with Gasteiger partial charge < -0.3 is 9.47 Å². The van der Waals surface area contributed by atoms with E-state index in [1.165, 1.54) is 10.2 Å². The van der Waals surface area contributed by atoms with E-state index in [4.69, 9.17) is 14.5 Å². The second-order valence-corrected chi connectivity index (χ2v) is 15.7. The van der Waals surface area contributed by atoms with Gasteiger partial charge in [-0.1, -0.05) is 49.2 Å². The highest BCUT2D eigenvalue weighted by Crippen LogP contribution is 2.37. The second-order valence-electron chi connectivity index (χ2n) is 11.9. The zero-order valence-corrected chi connectivity index (χ0v) is 26.2. The lowest BCUT2D eigenvalue weighted by atomic mass is 9.96. The fraction of sp³-hybridized carbons (Fsp3) is 0.364. The molecule has 0 radical (unpaired) electrons. The zero-order valence-electron chi connectivity index (χ0n) is 24.6. The molecular formula is C33H36N2O6S2. The molecule has 0 spiro atoms. The third-order valence-corrected chi connectivity index (χ3v) is 11.0. The molecule has 6 rings (SSSR count). The van der Waals surface area contributed by atoms with Crippen molar-refractivity contribution in [2.45, 2.75) is 67.6 Å². The van der Waals surface area contributed by atoms with E-state index in [9.17, 15) is 16.8 Å². The van der Waals surface area contributed by atoms with Crippen molar-refractivity contribution in [2.75, 3.05) is 12.9 Å². The molecular weight excluding hydrogens is 585 g/mol. The second kappa shape index (κ2) is 11.3. The smallest absolute Gasteiger partial charge is 0.269 e. The fourth-order valence-corrected chi connectivity index (χ4v) is 8.19. The highest BCUT2D eigenvalue weighted by atomic mass is 32.2. The molecule has 1 saturated heterocycles. The van der Waals surface area contributed by atoms with Gasteiger partial charge in [0.1, 0.15) is 0 Å². The summed E-state index contributed by atoms with van der Waals surface area (Å²) in [4.78, 5) is 5.08. The van der Waals surface area contributed by atoms with Crippen LogP contribution in [0.2, 0.25) is 0 Å². The van der Waals surface area contributed by atoms with E-state index in [2.05, 4.69) is 6.08 Å². The summed E-state index contributed by atoms with van der Waals surface area (Å²) < 4.78 is 66.1. The monoisotopic (exact) mass is 620 g/mol. The topological polar surface area (TPSA) is 105 Å². The minimum Gasteiger partial charge on any atom is -0.348 e. The van der Waals surface area contributed by atoms with Crippen LogP contribution in [0.15, 0.2) is 88.8 Å². The number of rotatable bonds is 8. The van der Waals surface area contributed by atoms with Gasteiger partial charge in [-0.15, -0.1) is 0 Å². The first-order valence-corrected chi connectivity index (χ1v) is 17.9. The molecule has 2 aliphatic rings. The van der Waals surface area contributed by atoms with Gasteiger partial charge in [0, 0.05) is 29.8 Å². The van der Waals surface area contributed by atoms with Crippen LogP contribution in [0.4, 0.5) is 0 Å². The van der Waals surface area contributed by atoms with Crippen LogP contribution in [0.1, 0.15) is 56.4 Å².